The second-order valence-corrected chi connectivity index (χ2v) is 7.06. The normalized spacial score (nSPS) is 23.6. The van der Waals surface area contributed by atoms with Crippen LogP contribution in [-0.4, -0.2) is 58.0 Å². The fraction of sp³-hybridized carbons (Fsp3) is 0.706. The average Bonchev–Trinajstić information content (AvgIpc) is 3.25. The fourth-order valence-corrected chi connectivity index (χ4v) is 3.51. The predicted octanol–water partition coefficient (Wildman–Crippen LogP) is 1.45. The summed E-state index contributed by atoms with van der Waals surface area (Å²) in [6.45, 7) is 6.07. The van der Waals surface area contributed by atoms with Gasteiger partial charge in [0.1, 0.15) is 0 Å². The molecule has 0 saturated carbocycles. The minimum absolute atomic E-state index is 0.0698. The van der Waals surface area contributed by atoms with Crippen LogP contribution in [0.4, 0.5) is 0 Å². The molecule has 2 saturated heterocycles. The molecule has 1 aromatic heterocycles. The number of piperidine rings is 1. The lowest BCUT2D eigenvalue weighted by Gasteiger charge is -2.39. The van der Waals surface area contributed by atoms with Crippen molar-refractivity contribution in [3.05, 3.63) is 18.0 Å². The quantitative estimate of drug-likeness (QED) is 0.900. The molecular formula is C17H25N3O4. The maximum atomic E-state index is 12.5. The van der Waals surface area contributed by atoms with Gasteiger partial charge in [0, 0.05) is 38.7 Å². The van der Waals surface area contributed by atoms with E-state index < -0.39 is 11.5 Å². The van der Waals surface area contributed by atoms with Crippen molar-refractivity contribution in [3.8, 4) is 0 Å². The Morgan fingerprint density at radius 1 is 1.38 bits per heavy atom. The Hall–Kier alpha value is -1.89. The predicted molar refractivity (Wildman–Crippen MR) is 86.7 cm³/mol. The Kier molecular flexibility index (Phi) is 4.62. The Labute approximate surface area is 141 Å². The molecule has 0 aliphatic carbocycles. The first-order valence-corrected chi connectivity index (χ1v) is 8.60. The monoisotopic (exact) mass is 335 g/mol. The van der Waals surface area contributed by atoms with Gasteiger partial charge in [-0.1, -0.05) is 13.8 Å². The molecule has 7 heteroatoms. The number of aromatic nitrogens is 2. The summed E-state index contributed by atoms with van der Waals surface area (Å²) >= 11 is 0. The first-order valence-electron chi connectivity index (χ1n) is 8.60. The molecule has 1 amide bonds. The van der Waals surface area contributed by atoms with Gasteiger partial charge in [0.2, 0.25) is 5.91 Å². The van der Waals surface area contributed by atoms with Crippen LogP contribution in [0.1, 0.15) is 44.7 Å². The van der Waals surface area contributed by atoms with Gasteiger partial charge in [-0.3, -0.25) is 9.48 Å². The smallest absolute Gasteiger partial charge is 0.331 e. The molecule has 7 nitrogen and oxygen atoms in total. The molecule has 2 fully saturated rings. The van der Waals surface area contributed by atoms with E-state index in [0.717, 1.165) is 12.1 Å². The summed E-state index contributed by atoms with van der Waals surface area (Å²) in [6.07, 6.45) is 3.27. The van der Waals surface area contributed by atoms with Crippen LogP contribution in [0.2, 0.25) is 0 Å². The van der Waals surface area contributed by atoms with Crippen LogP contribution in [0.25, 0.3) is 0 Å². The van der Waals surface area contributed by atoms with Crippen LogP contribution in [0, 0.1) is 5.92 Å². The van der Waals surface area contributed by atoms with Crippen molar-refractivity contribution in [3.63, 3.8) is 0 Å². The van der Waals surface area contributed by atoms with E-state index in [1.165, 1.54) is 0 Å². The molecule has 3 rings (SSSR count). The number of aliphatic carboxylic acids is 1. The highest BCUT2D eigenvalue weighted by Crippen LogP contribution is 2.32. The van der Waals surface area contributed by atoms with Gasteiger partial charge < -0.3 is 14.7 Å². The van der Waals surface area contributed by atoms with E-state index in [-0.39, 0.29) is 17.7 Å². The molecule has 0 radical (unpaired) electrons. The summed E-state index contributed by atoms with van der Waals surface area (Å²) in [5, 5.41) is 14.3. The topological polar surface area (TPSA) is 84.7 Å². The van der Waals surface area contributed by atoms with Gasteiger partial charge in [-0.05, 0) is 18.4 Å². The molecule has 24 heavy (non-hydrogen) atoms. The zero-order valence-electron chi connectivity index (χ0n) is 14.3. The molecule has 1 aromatic rings. The summed E-state index contributed by atoms with van der Waals surface area (Å²) < 4.78 is 6.88. The highest BCUT2D eigenvalue weighted by molar-refractivity contribution is 5.81. The lowest BCUT2D eigenvalue weighted by atomic mass is 9.87. The first kappa shape index (κ1) is 17.0. The Bertz CT molecular complexity index is 611. The lowest BCUT2D eigenvalue weighted by Crippen LogP contribution is -2.53. The van der Waals surface area contributed by atoms with Gasteiger partial charge in [0.25, 0.3) is 0 Å². The largest absolute Gasteiger partial charge is 0.479 e. The SMILES string of the molecule is CC(C)c1ccn(C2(C(=O)O)CCN(C(=O)C3CCOC3)CC2)n1. The van der Waals surface area contributed by atoms with E-state index in [1.54, 1.807) is 15.8 Å². The van der Waals surface area contributed by atoms with Crippen LogP contribution in [0.5, 0.6) is 0 Å². The molecule has 1 N–H and O–H groups in total. The van der Waals surface area contributed by atoms with E-state index >= 15 is 0 Å². The molecular weight excluding hydrogens is 310 g/mol. The molecule has 1 atom stereocenters. The van der Waals surface area contributed by atoms with Crippen LogP contribution in [0.3, 0.4) is 0 Å². The van der Waals surface area contributed by atoms with Gasteiger partial charge in [-0.2, -0.15) is 5.10 Å². The highest BCUT2D eigenvalue weighted by Gasteiger charge is 2.45. The van der Waals surface area contributed by atoms with Crippen molar-refractivity contribution in [1.29, 1.82) is 0 Å². The molecule has 2 aliphatic heterocycles. The number of carbonyl (C=O) groups excluding carboxylic acids is 1. The zero-order valence-corrected chi connectivity index (χ0v) is 14.3. The number of hydrogen-bond acceptors (Lipinski definition) is 4. The molecule has 0 spiro atoms. The molecule has 132 valence electrons. The number of likely N-dealkylation sites (tertiary alicyclic amines) is 1. The lowest BCUT2D eigenvalue weighted by molar-refractivity contribution is -0.154. The second kappa shape index (κ2) is 6.55. The number of rotatable bonds is 4. The average molecular weight is 335 g/mol. The summed E-state index contributed by atoms with van der Waals surface area (Å²) in [6, 6.07) is 1.88. The highest BCUT2D eigenvalue weighted by atomic mass is 16.5. The molecule has 0 bridgehead atoms. The second-order valence-electron chi connectivity index (χ2n) is 7.06. The maximum Gasteiger partial charge on any atom is 0.331 e. The van der Waals surface area contributed by atoms with Gasteiger partial charge in [-0.25, -0.2) is 4.79 Å². The zero-order chi connectivity index (χ0) is 17.3. The standard InChI is InChI=1S/C17H25N3O4/c1-12(2)14-3-7-20(18-14)17(16(22)23)5-8-19(9-6-17)15(21)13-4-10-24-11-13/h3,7,12-13H,4-6,8-11H2,1-2H3,(H,22,23). The maximum absolute atomic E-state index is 12.5. The summed E-state index contributed by atoms with van der Waals surface area (Å²) in [7, 11) is 0. The van der Waals surface area contributed by atoms with Crippen molar-refractivity contribution in [2.45, 2.75) is 44.6 Å². The first-order chi connectivity index (χ1) is 11.4. The number of ether oxygens (including phenoxy) is 1. The van der Waals surface area contributed by atoms with Crippen molar-refractivity contribution < 1.29 is 19.4 Å². The van der Waals surface area contributed by atoms with Crippen LogP contribution >= 0.6 is 0 Å². The summed E-state index contributed by atoms with van der Waals surface area (Å²) in [4.78, 5) is 26.3. The van der Waals surface area contributed by atoms with Crippen molar-refractivity contribution in [1.82, 2.24) is 14.7 Å². The molecule has 0 aromatic carbocycles. The fourth-order valence-electron chi connectivity index (χ4n) is 3.51. The number of amides is 1. The Morgan fingerprint density at radius 3 is 2.58 bits per heavy atom. The van der Waals surface area contributed by atoms with E-state index in [4.69, 9.17) is 4.74 Å². The van der Waals surface area contributed by atoms with Crippen LogP contribution in [-0.2, 0) is 19.9 Å². The van der Waals surface area contributed by atoms with Crippen LogP contribution in [0.15, 0.2) is 12.3 Å². The van der Waals surface area contributed by atoms with Gasteiger partial charge in [-0.15, -0.1) is 0 Å². The summed E-state index contributed by atoms with van der Waals surface area (Å²) in [5.41, 5.74) is -0.173. The number of carboxylic acids is 1. The van der Waals surface area contributed by atoms with Crippen molar-refractivity contribution in [2.75, 3.05) is 26.3 Å². The summed E-state index contributed by atoms with van der Waals surface area (Å²) in [5.74, 6) is -0.604. The Balaban J connectivity index is 1.74. The van der Waals surface area contributed by atoms with Crippen molar-refractivity contribution >= 4 is 11.9 Å². The van der Waals surface area contributed by atoms with Gasteiger partial charge >= 0.3 is 5.97 Å². The van der Waals surface area contributed by atoms with E-state index in [9.17, 15) is 14.7 Å². The number of nitrogens with zero attached hydrogens (tertiary/aromatic N) is 3. The van der Waals surface area contributed by atoms with Crippen LogP contribution < -0.4 is 0 Å². The molecule has 3 heterocycles. The minimum Gasteiger partial charge on any atom is -0.479 e. The number of hydrogen-bond donors (Lipinski definition) is 1. The van der Waals surface area contributed by atoms with E-state index in [0.29, 0.717) is 39.1 Å². The van der Waals surface area contributed by atoms with Crippen molar-refractivity contribution in [2.24, 2.45) is 5.92 Å². The van der Waals surface area contributed by atoms with E-state index in [2.05, 4.69) is 5.10 Å². The molecule has 2 aliphatic rings. The number of carboxylic acid groups (broad SMARTS) is 1. The van der Waals surface area contributed by atoms with E-state index in [1.807, 2.05) is 19.9 Å². The third-order valence-corrected chi connectivity index (χ3v) is 5.22. The Morgan fingerprint density at radius 2 is 2.08 bits per heavy atom. The molecule has 1 unspecified atom stereocenters. The van der Waals surface area contributed by atoms with Gasteiger partial charge in [0.15, 0.2) is 5.54 Å². The number of carbonyl (C=O) groups is 2. The third-order valence-electron chi connectivity index (χ3n) is 5.22. The third kappa shape index (κ3) is 2.92. The minimum atomic E-state index is -1.06. The van der Waals surface area contributed by atoms with Gasteiger partial charge in [0.05, 0.1) is 18.2 Å².